The Morgan fingerprint density at radius 3 is 1.16 bits per heavy atom. The molecule has 12 aromatic rings. The van der Waals surface area contributed by atoms with Gasteiger partial charge in [0, 0.05) is 27.1 Å². The number of nitrogens with zero attached hydrogens (tertiary/aromatic N) is 3. The number of para-hydroxylation sites is 4. The molecule has 0 atom stereocenters. The second-order valence-electron chi connectivity index (χ2n) is 16.5. The molecule has 1 spiro atoms. The Morgan fingerprint density at radius 2 is 0.619 bits per heavy atom. The molecule has 2 aliphatic rings. The summed E-state index contributed by atoms with van der Waals surface area (Å²) in [5.74, 6) is 1.61. The minimum absolute atomic E-state index is 0.520. The van der Waals surface area contributed by atoms with Crippen LogP contribution in [-0.2, 0) is 5.41 Å². The normalized spacial score (nSPS) is 13.2. The third-order valence-corrected chi connectivity index (χ3v) is 13.4. The van der Waals surface area contributed by atoms with Crippen molar-refractivity contribution in [3.8, 4) is 67.5 Å². The summed E-state index contributed by atoms with van der Waals surface area (Å²) < 4.78 is 13.2. The third kappa shape index (κ3) is 4.63. The number of fused-ring (bicyclic) bond motifs is 18. The molecule has 0 radical (unpaired) electrons. The van der Waals surface area contributed by atoms with E-state index in [1.165, 1.54) is 44.5 Å². The third-order valence-electron chi connectivity index (χ3n) is 13.4. The van der Waals surface area contributed by atoms with E-state index in [0.717, 1.165) is 71.7 Å². The molecular weight excluding hydrogens is 771 g/mol. The van der Waals surface area contributed by atoms with Crippen LogP contribution in [0.3, 0.4) is 0 Å². The standard InChI is InChI=1S/C58H33N3O2/c1-2-17-35-34(16-1)36-18-3-8-28-46(36)58(47-29-9-4-19-37(35)47)48-30-10-5-22-42(48)52-43(25-15-31-49(52)58)55-59-56(44-26-13-23-40-38-20-6-11-32-50(38)62-53(40)44)61-57(60-55)45-27-14-24-41-39-21-7-12-33-51(39)63-54(41)45/h1-33H. The van der Waals surface area contributed by atoms with Gasteiger partial charge in [-0.25, -0.2) is 15.0 Å². The molecule has 0 unspecified atom stereocenters. The highest BCUT2D eigenvalue weighted by molar-refractivity contribution is 6.11. The van der Waals surface area contributed by atoms with Gasteiger partial charge in [-0.2, -0.15) is 0 Å². The zero-order valence-corrected chi connectivity index (χ0v) is 33.7. The zero-order valence-electron chi connectivity index (χ0n) is 33.7. The fraction of sp³-hybridized carbons (Fsp3) is 0.0172. The van der Waals surface area contributed by atoms with Gasteiger partial charge in [0.1, 0.15) is 22.3 Å². The fourth-order valence-electron chi connectivity index (χ4n) is 10.9. The van der Waals surface area contributed by atoms with E-state index in [0.29, 0.717) is 17.5 Å². The smallest absolute Gasteiger partial charge is 0.167 e. The van der Waals surface area contributed by atoms with Gasteiger partial charge >= 0.3 is 0 Å². The lowest BCUT2D eigenvalue weighted by Crippen LogP contribution is -2.29. The molecular formula is C58H33N3O2. The first-order valence-corrected chi connectivity index (χ1v) is 21.4. The lowest BCUT2D eigenvalue weighted by Gasteiger charge is -2.35. The van der Waals surface area contributed by atoms with E-state index in [2.05, 4.69) is 152 Å². The first-order chi connectivity index (χ1) is 31.3. The second-order valence-corrected chi connectivity index (χ2v) is 16.5. The summed E-state index contributed by atoms with van der Waals surface area (Å²) in [6.07, 6.45) is 0. The van der Waals surface area contributed by atoms with Gasteiger partial charge in [-0.15, -0.1) is 0 Å². The predicted molar refractivity (Wildman–Crippen MR) is 252 cm³/mol. The predicted octanol–water partition coefficient (Wildman–Crippen LogP) is 14.7. The van der Waals surface area contributed by atoms with Crippen LogP contribution in [0.4, 0.5) is 0 Å². The van der Waals surface area contributed by atoms with Crippen molar-refractivity contribution in [2.45, 2.75) is 5.41 Å². The van der Waals surface area contributed by atoms with Gasteiger partial charge < -0.3 is 8.83 Å². The summed E-state index contributed by atoms with van der Waals surface area (Å²) in [5.41, 5.74) is 17.0. The minimum atomic E-state index is -0.646. The lowest BCUT2D eigenvalue weighted by molar-refractivity contribution is 0.669. The summed E-state index contributed by atoms with van der Waals surface area (Å²) in [5, 5.41) is 4.11. The van der Waals surface area contributed by atoms with Crippen molar-refractivity contribution in [2.24, 2.45) is 0 Å². The second kappa shape index (κ2) is 12.8. The van der Waals surface area contributed by atoms with Gasteiger partial charge in [0.25, 0.3) is 0 Å². The van der Waals surface area contributed by atoms with Crippen molar-refractivity contribution in [2.75, 3.05) is 0 Å². The Morgan fingerprint density at radius 1 is 0.270 bits per heavy atom. The van der Waals surface area contributed by atoms with Crippen molar-refractivity contribution >= 4 is 43.9 Å². The fourth-order valence-corrected chi connectivity index (χ4v) is 10.9. The Balaban J connectivity index is 1.09. The molecule has 0 fully saturated rings. The molecule has 0 saturated carbocycles. The quantitative estimate of drug-likeness (QED) is 0.178. The van der Waals surface area contributed by atoms with Crippen molar-refractivity contribution < 1.29 is 8.83 Å². The van der Waals surface area contributed by atoms with Crippen molar-refractivity contribution in [3.63, 3.8) is 0 Å². The average Bonchev–Trinajstić information content (AvgIpc) is 4.00. The maximum absolute atomic E-state index is 6.62. The van der Waals surface area contributed by atoms with Crippen LogP contribution in [0.1, 0.15) is 22.3 Å². The van der Waals surface area contributed by atoms with Crippen LogP contribution in [0.5, 0.6) is 0 Å². The highest BCUT2D eigenvalue weighted by Crippen LogP contribution is 2.62. The van der Waals surface area contributed by atoms with Crippen LogP contribution in [0, 0.1) is 0 Å². The highest BCUT2D eigenvalue weighted by Gasteiger charge is 2.50. The maximum Gasteiger partial charge on any atom is 0.167 e. The molecule has 3 heterocycles. The molecule has 14 rings (SSSR count). The lowest BCUT2D eigenvalue weighted by atomic mass is 9.66. The monoisotopic (exact) mass is 803 g/mol. The summed E-state index contributed by atoms with van der Waals surface area (Å²) in [7, 11) is 0. The van der Waals surface area contributed by atoms with Crippen LogP contribution < -0.4 is 0 Å². The molecule has 5 heteroatoms. The Hall–Kier alpha value is -8.41. The van der Waals surface area contributed by atoms with E-state index >= 15 is 0 Å². The molecule has 0 aliphatic heterocycles. The highest BCUT2D eigenvalue weighted by atomic mass is 16.3. The van der Waals surface area contributed by atoms with Gasteiger partial charge in [0.2, 0.25) is 0 Å². The van der Waals surface area contributed by atoms with Crippen LogP contribution in [-0.4, -0.2) is 15.0 Å². The Kier molecular flexibility index (Phi) is 6.97. The summed E-state index contributed by atoms with van der Waals surface area (Å²) in [4.78, 5) is 16.2. The van der Waals surface area contributed by atoms with Gasteiger partial charge in [-0.3, -0.25) is 0 Å². The molecule has 9 aromatic carbocycles. The molecule has 3 aromatic heterocycles. The molecule has 5 nitrogen and oxygen atoms in total. The molecule has 292 valence electrons. The first-order valence-electron chi connectivity index (χ1n) is 21.4. The van der Waals surface area contributed by atoms with E-state index < -0.39 is 5.41 Å². The van der Waals surface area contributed by atoms with Crippen molar-refractivity contribution in [1.82, 2.24) is 15.0 Å². The minimum Gasteiger partial charge on any atom is -0.455 e. The average molecular weight is 804 g/mol. The zero-order chi connectivity index (χ0) is 41.2. The Labute approximate surface area is 361 Å². The number of furan rings is 2. The molecule has 0 amide bonds. The molecule has 0 saturated heterocycles. The van der Waals surface area contributed by atoms with Gasteiger partial charge in [0.15, 0.2) is 17.5 Å². The molecule has 2 aliphatic carbocycles. The summed E-state index contributed by atoms with van der Waals surface area (Å²) >= 11 is 0. The van der Waals surface area contributed by atoms with E-state index in [-0.39, 0.29) is 0 Å². The molecule has 0 bridgehead atoms. The SMILES string of the molecule is c1ccc2c(c1)-c1ccccc1C1(c3ccccc3-2)c2ccccc2-c2c(-c3nc(-c4cccc5c4oc4ccccc45)nc(-c4cccc5c4oc4ccccc45)n3)cccc21. The van der Waals surface area contributed by atoms with Crippen LogP contribution in [0.25, 0.3) is 111 Å². The summed E-state index contributed by atoms with van der Waals surface area (Å²) in [6.45, 7) is 0. The first kappa shape index (κ1) is 34.3. The van der Waals surface area contributed by atoms with Gasteiger partial charge in [-0.1, -0.05) is 176 Å². The van der Waals surface area contributed by atoms with Crippen molar-refractivity contribution in [3.05, 3.63) is 222 Å². The number of benzene rings is 9. The van der Waals surface area contributed by atoms with Crippen molar-refractivity contribution in [1.29, 1.82) is 0 Å². The summed E-state index contributed by atoms with van der Waals surface area (Å²) in [6, 6.07) is 71.0. The molecule has 63 heavy (non-hydrogen) atoms. The number of aromatic nitrogens is 3. The van der Waals surface area contributed by atoms with Gasteiger partial charge in [0.05, 0.1) is 16.5 Å². The number of rotatable bonds is 3. The number of hydrogen-bond donors (Lipinski definition) is 0. The van der Waals surface area contributed by atoms with Crippen LogP contribution in [0.2, 0.25) is 0 Å². The van der Waals surface area contributed by atoms with E-state index in [9.17, 15) is 0 Å². The topological polar surface area (TPSA) is 65.0 Å². The largest absolute Gasteiger partial charge is 0.455 e. The van der Waals surface area contributed by atoms with Crippen LogP contribution >= 0.6 is 0 Å². The van der Waals surface area contributed by atoms with E-state index in [1.807, 2.05) is 48.5 Å². The van der Waals surface area contributed by atoms with E-state index in [1.54, 1.807) is 0 Å². The molecule has 0 N–H and O–H groups in total. The van der Waals surface area contributed by atoms with Gasteiger partial charge in [-0.05, 0) is 79.9 Å². The Bertz CT molecular complexity index is 3690. The van der Waals surface area contributed by atoms with Crippen LogP contribution in [0.15, 0.2) is 209 Å². The van der Waals surface area contributed by atoms with E-state index in [4.69, 9.17) is 23.8 Å². The number of hydrogen-bond acceptors (Lipinski definition) is 5. The maximum atomic E-state index is 6.62.